The molecule has 0 unspecified atom stereocenters. The van der Waals surface area contributed by atoms with Crippen molar-refractivity contribution in [3.8, 4) is 0 Å². The summed E-state index contributed by atoms with van der Waals surface area (Å²) < 4.78 is 5.42. The van der Waals surface area contributed by atoms with Crippen LogP contribution in [0.15, 0.2) is 41.8 Å². The molecule has 0 radical (unpaired) electrons. The SMILES string of the molecule is CC(C)OCCCNC(=O)Cc1csc(NC(=O)/C=C/c2ccccc2)n1. The van der Waals surface area contributed by atoms with Crippen molar-refractivity contribution in [2.24, 2.45) is 0 Å². The smallest absolute Gasteiger partial charge is 0.250 e. The molecule has 0 atom stereocenters. The first kappa shape index (κ1) is 20.8. The Hall–Kier alpha value is -2.51. The number of benzene rings is 1. The van der Waals surface area contributed by atoms with Crippen molar-refractivity contribution in [1.29, 1.82) is 0 Å². The molecule has 27 heavy (non-hydrogen) atoms. The monoisotopic (exact) mass is 387 g/mol. The Balaban J connectivity index is 1.71. The first-order valence-electron chi connectivity index (χ1n) is 8.90. The maximum absolute atomic E-state index is 11.9. The lowest BCUT2D eigenvalue weighted by atomic mass is 10.2. The molecule has 1 aromatic heterocycles. The van der Waals surface area contributed by atoms with Crippen LogP contribution in [-0.4, -0.2) is 36.1 Å². The summed E-state index contributed by atoms with van der Waals surface area (Å²) in [5.41, 5.74) is 1.58. The molecule has 0 fully saturated rings. The van der Waals surface area contributed by atoms with Gasteiger partial charge in [0.1, 0.15) is 0 Å². The van der Waals surface area contributed by atoms with E-state index in [2.05, 4.69) is 15.6 Å². The first-order chi connectivity index (χ1) is 13.0. The predicted octanol–water partition coefficient (Wildman–Crippen LogP) is 3.27. The van der Waals surface area contributed by atoms with Crippen LogP contribution in [0.3, 0.4) is 0 Å². The highest BCUT2D eigenvalue weighted by Gasteiger charge is 2.08. The van der Waals surface area contributed by atoms with Crippen LogP contribution < -0.4 is 10.6 Å². The van der Waals surface area contributed by atoms with Crippen molar-refractivity contribution in [3.05, 3.63) is 53.0 Å². The van der Waals surface area contributed by atoms with Crippen LogP contribution in [0.25, 0.3) is 6.08 Å². The standard InChI is InChI=1S/C20H25N3O3S/c1-15(2)26-12-6-11-21-19(25)13-17-14-27-20(22-17)23-18(24)10-9-16-7-4-3-5-8-16/h3-5,7-10,14-15H,6,11-13H2,1-2H3,(H,21,25)(H,22,23,24)/b10-9+. The van der Waals surface area contributed by atoms with Crippen molar-refractivity contribution < 1.29 is 14.3 Å². The number of carbonyl (C=O) groups is 2. The largest absolute Gasteiger partial charge is 0.379 e. The van der Waals surface area contributed by atoms with Crippen LogP contribution in [0.5, 0.6) is 0 Å². The number of hydrogen-bond acceptors (Lipinski definition) is 5. The van der Waals surface area contributed by atoms with Gasteiger partial charge in [-0.2, -0.15) is 0 Å². The zero-order valence-electron chi connectivity index (χ0n) is 15.6. The maximum atomic E-state index is 11.9. The van der Waals surface area contributed by atoms with Crippen LogP contribution >= 0.6 is 11.3 Å². The highest BCUT2D eigenvalue weighted by atomic mass is 32.1. The van der Waals surface area contributed by atoms with E-state index in [9.17, 15) is 9.59 Å². The summed E-state index contributed by atoms with van der Waals surface area (Å²) in [4.78, 5) is 28.1. The van der Waals surface area contributed by atoms with E-state index in [1.165, 1.54) is 17.4 Å². The van der Waals surface area contributed by atoms with Crippen LogP contribution in [-0.2, 0) is 20.7 Å². The number of hydrogen-bond donors (Lipinski definition) is 2. The molecule has 0 aliphatic carbocycles. The molecule has 0 saturated carbocycles. The molecule has 6 nitrogen and oxygen atoms in total. The van der Waals surface area contributed by atoms with E-state index in [1.807, 2.05) is 44.2 Å². The normalized spacial score (nSPS) is 11.1. The van der Waals surface area contributed by atoms with E-state index >= 15 is 0 Å². The molecule has 0 bridgehead atoms. The summed E-state index contributed by atoms with van der Waals surface area (Å²) in [5, 5.41) is 7.80. The van der Waals surface area contributed by atoms with Crippen LogP contribution in [0.4, 0.5) is 5.13 Å². The van der Waals surface area contributed by atoms with Gasteiger partial charge in [-0.25, -0.2) is 4.98 Å². The molecule has 0 aliphatic rings. The van der Waals surface area contributed by atoms with Gasteiger partial charge in [-0.3, -0.25) is 14.9 Å². The number of nitrogens with zero attached hydrogens (tertiary/aromatic N) is 1. The fourth-order valence-electron chi connectivity index (χ4n) is 2.17. The molecule has 2 aromatic rings. The average Bonchev–Trinajstić information content (AvgIpc) is 3.07. The Morgan fingerprint density at radius 3 is 2.78 bits per heavy atom. The van der Waals surface area contributed by atoms with E-state index in [1.54, 1.807) is 11.5 Å². The molecule has 7 heteroatoms. The van der Waals surface area contributed by atoms with Crippen molar-refractivity contribution in [1.82, 2.24) is 10.3 Å². The molecule has 1 heterocycles. The second-order valence-corrected chi connectivity index (χ2v) is 7.04. The van der Waals surface area contributed by atoms with Crippen LogP contribution in [0.2, 0.25) is 0 Å². The lowest BCUT2D eigenvalue weighted by Gasteiger charge is -2.07. The quantitative estimate of drug-likeness (QED) is 0.484. The molecule has 2 rings (SSSR count). The summed E-state index contributed by atoms with van der Waals surface area (Å²) in [6.07, 6.45) is 4.36. The molecule has 0 saturated heterocycles. The summed E-state index contributed by atoms with van der Waals surface area (Å²) in [7, 11) is 0. The zero-order chi connectivity index (χ0) is 19.5. The Morgan fingerprint density at radius 1 is 1.26 bits per heavy atom. The summed E-state index contributed by atoms with van der Waals surface area (Å²) >= 11 is 1.30. The molecule has 0 aliphatic heterocycles. The molecule has 2 N–H and O–H groups in total. The van der Waals surface area contributed by atoms with Gasteiger partial charge in [-0.1, -0.05) is 30.3 Å². The zero-order valence-corrected chi connectivity index (χ0v) is 16.4. The third-order valence-corrected chi connectivity index (χ3v) is 4.25. The van der Waals surface area contributed by atoms with E-state index < -0.39 is 0 Å². The maximum Gasteiger partial charge on any atom is 0.250 e. The number of carbonyl (C=O) groups excluding carboxylic acids is 2. The second-order valence-electron chi connectivity index (χ2n) is 6.18. The van der Waals surface area contributed by atoms with Gasteiger partial charge in [-0.15, -0.1) is 11.3 Å². The van der Waals surface area contributed by atoms with Gasteiger partial charge in [0.2, 0.25) is 11.8 Å². The first-order valence-corrected chi connectivity index (χ1v) is 9.77. The summed E-state index contributed by atoms with van der Waals surface area (Å²) in [5.74, 6) is -0.346. The summed E-state index contributed by atoms with van der Waals surface area (Å²) in [6, 6.07) is 9.57. The number of amides is 2. The fourth-order valence-corrected chi connectivity index (χ4v) is 2.89. The molecule has 1 aromatic carbocycles. The molecule has 144 valence electrons. The minimum Gasteiger partial charge on any atom is -0.379 e. The van der Waals surface area contributed by atoms with Gasteiger partial charge >= 0.3 is 0 Å². The lowest BCUT2D eigenvalue weighted by Crippen LogP contribution is -2.27. The molecular formula is C20H25N3O3S. The topological polar surface area (TPSA) is 80.3 Å². The third-order valence-electron chi connectivity index (χ3n) is 3.44. The molecule has 2 amide bonds. The number of rotatable bonds is 10. The summed E-state index contributed by atoms with van der Waals surface area (Å²) in [6.45, 7) is 5.16. The molecular weight excluding hydrogens is 362 g/mol. The average molecular weight is 388 g/mol. The van der Waals surface area contributed by atoms with Crippen molar-refractivity contribution in [2.75, 3.05) is 18.5 Å². The van der Waals surface area contributed by atoms with Gasteiger partial charge in [0.15, 0.2) is 5.13 Å². The highest BCUT2D eigenvalue weighted by Crippen LogP contribution is 2.16. The lowest BCUT2D eigenvalue weighted by molar-refractivity contribution is -0.120. The Bertz CT molecular complexity index is 757. The number of aromatic nitrogens is 1. The minimum atomic E-state index is -0.255. The third kappa shape index (κ3) is 8.61. The number of nitrogens with one attached hydrogen (secondary N) is 2. The van der Waals surface area contributed by atoms with E-state index in [0.717, 1.165) is 12.0 Å². The van der Waals surface area contributed by atoms with Crippen LogP contribution in [0, 0.1) is 0 Å². The fraction of sp³-hybridized carbons (Fsp3) is 0.350. The predicted molar refractivity (Wildman–Crippen MR) is 109 cm³/mol. The van der Waals surface area contributed by atoms with Gasteiger partial charge in [0.05, 0.1) is 18.2 Å². The number of anilines is 1. The van der Waals surface area contributed by atoms with E-state index in [0.29, 0.717) is 24.0 Å². The Kier molecular flexibility index (Phi) is 8.67. The van der Waals surface area contributed by atoms with E-state index in [4.69, 9.17) is 4.74 Å². The van der Waals surface area contributed by atoms with Gasteiger partial charge < -0.3 is 10.1 Å². The van der Waals surface area contributed by atoms with Gasteiger partial charge in [-0.05, 0) is 31.9 Å². The van der Waals surface area contributed by atoms with Crippen LogP contribution in [0.1, 0.15) is 31.5 Å². The number of ether oxygens (including phenoxy) is 1. The Morgan fingerprint density at radius 2 is 2.04 bits per heavy atom. The minimum absolute atomic E-state index is 0.0910. The number of thiazole rings is 1. The highest BCUT2D eigenvalue weighted by molar-refractivity contribution is 7.14. The van der Waals surface area contributed by atoms with E-state index in [-0.39, 0.29) is 24.3 Å². The van der Waals surface area contributed by atoms with Gasteiger partial charge in [0.25, 0.3) is 0 Å². The Labute approximate surface area is 163 Å². The van der Waals surface area contributed by atoms with Crippen molar-refractivity contribution in [3.63, 3.8) is 0 Å². The van der Waals surface area contributed by atoms with Gasteiger partial charge in [0, 0.05) is 24.6 Å². The molecule has 0 spiro atoms. The van der Waals surface area contributed by atoms with Crippen molar-refractivity contribution >= 4 is 34.4 Å². The van der Waals surface area contributed by atoms with Crippen molar-refractivity contribution in [2.45, 2.75) is 32.8 Å². The second kappa shape index (κ2) is 11.3.